The zero-order valence-corrected chi connectivity index (χ0v) is 18.7. The van der Waals surface area contributed by atoms with Crippen molar-refractivity contribution in [3.05, 3.63) is 58.6 Å². The molecule has 158 valence electrons. The van der Waals surface area contributed by atoms with E-state index in [0.29, 0.717) is 18.7 Å². The average Bonchev–Trinajstić information content (AvgIpc) is 2.65. The largest absolute Gasteiger partial charge is 0.379 e. The maximum absolute atomic E-state index is 12.7. The summed E-state index contributed by atoms with van der Waals surface area (Å²) in [6.45, 7) is 8.38. The summed E-state index contributed by atoms with van der Waals surface area (Å²) < 4.78 is 30.8. The number of nitrogens with zero attached hydrogens (tertiary/aromatic N) is 1. The van der Waals surface area contributed by atoms with Crippen molar-refractivity contribution in [3.63, 3.8) is 0 Å². The van der Waals surface area contributed by atoms with Crippen LogP contribution in [-0.4, -0.2) is 31.9 Å². The Labute approximate surface area is 177 Å². The van der Waals surface area contributed by atoms with Gasteiger partial charge in [0.05, 0.1) is 5.02 Å². The fourth-order valence-electron chi connectivity index (χ4n) is 2.89. The van der Waals surface area contributed by atoms with Crippen LogP contribution in [0, 0.1) is 6.92 Å². The molecular formula is C21H27ClN2O4S. The quantitative estimate of drug-likeness (QED) is 0.603. The van der Waals surface area contributed by atoms with Crippen molar-refractivity contribution >= 4 is 27.8 Å². The number of amides is 2. The molecule has 1 atom stereocenters. The molecular weight excluding hydrogens is 412 g/mol. The molecule has 8 heteroatoms. The number of carbonyl (C=O) groups excluding carboxylic acids is 1. The monoisotopic (exact) mass is 438 g/mol. The molecule has 0 aromatic heterocycles. The Balaban J connectivity index is 2.28. The Morgan fingerprint density at radius 1 is 1.21 bits per heavy atom. The lowest BCUT2D eigenvalue weighted by Crippen LogP contribution is -2.44. The number of rotatable bonds is 8. The highest BCUT2D eigenvalue weighted by Gasteiger charge is 2.23. The first-order valence-electron chi connectivity index (χ1n) is 9.52. The summed E-state index contributed by atoms with van der Waals surface area (Å²) in [5, 5.41) is 2.92. The van der Waals surface area contributed by atoms with Crippen LogP contribution in [0.4, 0.5) is 4.79 Å². The van der Waals surface area contributed by atoms with Crippen LogP contribution in [0.2, 0.25) is 5.02 Å². The van der Waals surface area contributed by atoms with Gasteiger partial charge in [0.25, 0.3) is 0 Å². The van der Waals surface area contributed by atoms with E-state index >= 15 is 0 Å². The normalized spacial score (nSPS) is 12.3. The van der Waals surface area contributed by atoms with Crippen LogP contribution in [0.5, 0.6) is 5.75 Å². The molecule has 29 heavy (non-hydrogen) atoms. The summed E-state index contributed by atoms with van der Waals surface area (Å²) in [4.78, 5) is 14.1. The van der Waals surface area contributed by atoms with Crippen LogP contribution in [0.25, 0.3) is 0 Å². The van der Waals surface area contributed by atoms with E-state index in [4.69, 9.17) is 15.8 Å². The highest BCUT2D eigenvalue weighted by atomic mass is 35.5. The molecule has 0 saturated carbocycles. The van der Waals surface area contributed by atoms with Crippen molar-refractivity contribution in [1.82, 2.24) is 10.2 Å². The summed E-state index contributed by atoms with van der Waals surface area (Å²) in [6.07, 6.45) is 0.799. The molecule has 0 bridgehead atoms. The van der Waals surface area contributed by atoms with E-state index in [1.165, 1.54) is 6.07 Å². The van der Waals surface area contributed by atoms with E-state index in [9.17, 15) is 13.2 Å². The van der Waals surface area contributed by atoms with E-state index in [-0.39, 0.29) is 27.7 Å². The Morgan fingerprint density at radius 2 is 1.90 bits per heavy atom. The van der Waals surface area contributed by atoms with Gasteiger partial charge in [-0.25, -0.2) is 4.79 Å². The van der Waals surface area contributed by atoms with Crippen LogP contribution in [0.1, 0.15) is 38.3 Å². The molecule has 2 aromatic rings. The number of carbonyl (C=O) groups is 1. The van der Waals surface area contributed by atoms with Gasteiger partial charge in [0.1, 0.15) is 10.6 Å². The molecule has 0 unspecified atom stereocenters. The summed E-state index contributed by atoms with van der Waals surface area (Å²) in [6, 6.07) is 11.4. The van der Waals surface area contributed by atoms with Gasteiger partial charge >= 0.3 is 16.1 Å². The standard InChI is InChI=1S/C21H27ClN2O4S/c1-5-16(4)24(21(25)23-6-2)14-17-10-8-11-18(13-17)28-29(26,27)20-15(3)9-7-12-19(20)22/h7-13,16H,5-6,14H2,1-4H3,(H,23,25)/t16-/m1/s1. The molecule has 2 aromatic carbocycles. The van der Waals surface area contributed by atoms with Crippen molar-refractivity contribution in [2.24, 2.45) is 0 Å². The highest BCUT2D eigenvalue weighted by molar-refractivity contribution is 7.87. The minimum Gasteiger partial charge on any atom is -0.379 e. The van der Waals surface area contributed by atoms with Crippen LogP contribution in [-0.2, 0) is 16.7 Å². The molecule has 2 rings (SSSR count). The molecule has 0 aliphatic carbocycles. The predicted molar refractivity (Wildman–Crippen MR) is 115 cm³/mol. The van der Waals surface area contributed by atoms with Crippen molar-refractivity contribution in [3.8, 4) is 5.75 Å². The minimum atomic E-state index is -4.09. The summed E-state index contributed by atoms with van der Waals surface area (Å²) in [5.74, 6) is 0.168. The third-order valence-corrected chi connectivity index (χ3v) is 6.46. The molecule has 0 aliphatic heterocycles. The molecule has 0 saturated heterocycles. The molecule has 2 amide bonds. The van der Waals surface area contributed by atoms with E-state index < -0.39 is 10.1 Å². The maximum Gasteiger partial charge on any atom is 0.340 e. The van der Waals surface area contributed by atoms with Gasteiger partial charge in [-0.05, 0) is 56.5 Å². The molecule has 0 radical (unpaired) electrons. The molecule has 0 aliphatic rings. The lowest BCUT2D eigenvalue weighted by atomic mass is 10.1. The van der Waals surface area contributed by atoms with Gasteiger partial charge in [0.15, 0.2) is 0 Å². The van der Waals surface area contributed by atoms with E-state index in [1.807, 2.05) is 26.8 Å². The lowest BCUT2D eigenvalue weighted by Gasteiger charge is -2.28. The second-order valence-corrected chi connectivity index (χ2v) is 8.68. The van der Waals surface area contributed by atoms with Crippen LogP contribution >= 0.6 is 11.6 Å². The second kappa shape index (κ2) is 9.98. The first-order valence-corrected chi connectivity index (χ1v) is 11.3. The number of hydrogen-bond acceptors (Lipinski definition) is 4. The number of aryl methyl sites for hydroxylation is 1. The van der Waals surface area contributed by atoms with Crippen molar-refractivity contribution in [1.29, 1.82) is 0 Å². The smallest absolute Gasteiger partial charge is 0.340 e. The van der Waals surface area contributed by atoms with Gasteiger partial charge in [-0.15, -0.1) is 0 Å². The summed E-state index contributed by atoms with van der Waals surface area (Å²) in [5.41, 5.74) is 1.27. The number of hydrogen-bond donors (Lipinski definition) is 1. The molecule has 6 nitrogen and oxygen atoms in total. The van der Waals surface area contributed by atoms with Crippen molar-refractivity contribution < 1.29 is 17.4 Å². The Hall–Kier alpha value is -2.25. The predicted octanol–water partition coefficient (Wildman–Crippen LogP) is 4.75. The fraction of sp³-hybridized carbons (Fsp3) is 0.381. The Kier molecular flexibility index (Phi) is 7.93. The number of halogens is 1. The van der Waals surface area contributed by atoms with Gasteiger partial charge in [-0.1, -0.05) is 42.8 Å². The van der Waals surface area contributed by atoms with Gasteiger partial charge < -0.3 is 14.4 Å². The molecule has 0 fully saturated rings. The van der Waals surface area contributed by atoms with Gasteiger partial charge in [-0.2, -0.15) is 8.42 Å². The third kappa shape index (κ3) is 5.87. The average molecular weight is 439 g/mol. The number of benzene rings is 2. The van der Waals surface area contributed by atoms with Crippen LogP contribution in [0.15, 0.2) is 47.4 Å². The molecule has 0 spiro atoms. The fourth-order valence-corrected chi connectivity index (χ4v) is 4.61. The van der Waals surface area contributed by atoms with Gasteiger partial charge in [-0.3, -0.25) is 0 Å². The first kappa shape index (κ1) is 23.0. The maximum atomic E-state index is 12.7. The summed E-state index contributed by atoms with van der Waals surface area (Å²) in [7, 11) is -4.09. The topological polar surface area (TPSA) is 75.7 Å². The van der Waals surface area contributed by atoms with E-state index in [1.54, 1.807) is 42.2 Å². The SMILES string of the molecule is CCNC(=O)N(Cc1cccc(OS(=O)(=O)c2c(C)cccc2Cl)c1)[C@H](C)CC. The number of urea groups is 1. The first-order chi connectivity index (χ1) is 13.7. The van der Waals surface area contributed by atoms with Crippen LogP contribution < -0.4 is 9.50 Å². The Bertz CT molecular complexity index is 943. The van der Waals surface area contributed by atoms with E-state index in [2.05, 4.69) is 5.32 Å². The van der Waals surface area contributed by atoms with Crippen molar-refractivity contribution in [2.45, 2.75) is 51.6 Å². The third-order valence-electron chi connectivity index (χ3n) is 4.58. The zero-order valence-electron chi connectivity index (χ0n) is 17.1. The zero-order chi connectivity index (χ0) is 21.6. The highest BCUT2D eigenvalue weighted by Crippen LogP contribution is 2.28. The van der Waals surface area contributed by atoms with Crippen molar-refractivity contribution in [2.75, 3.05) is 6.54 Å². The molecule has 1 N–H and O–H groups in total. The van der Waals surface area contributed by atoms with Crippen LogP contribution in [0.3, 0.4) is 0 Å². The lowest BCUT2D eigenvalue weighted by molar-refractivity contribution is 0.174. The summed E-state index contributed by atoms with van der Waals surface area (Å²) >= 11 is 6.09. The van der Waals surface area contributed by atoms with Gasteiger partial charge in [0.2, 0.25) is 0 Å². The minimum absolute atomic E-state index is 0.0284. The second-order valence-electron chi connectivity index (χ2n) is 6.79. The molecule has 0 heterocycles. The van der Waals surface area contributed by atoms with Gasteiger partial charge in [0, 0.05) is 19.1 Å². The van der Waals surface area contributed by atoms with E-state index in [0.717, 1.165) is 12.0 Å². The number of nitrogens with one attached hydrogen (secondary N) is 1. The Morgan fingerprint density at radius 3 is 2.52 bits per heavy atom.